The fraction of sp³-hybridized carbons (Fsp3) is 0.316. The smallest absolute Gasteiger partial charge is 0.262 e. The lowest BCUT2D eigenvalue weighted by atomic mass is 10.1. The standard InChI is InChI=1S/C19H21N3O2S/c1-5-14-8-6-7-11(2)16(14)21-17(23)13(4)22-10-20-18-15(19(22)24)9-12(3)25-18/h6-10,13H,5H2,1-4H3,(H,21,23)/t13-/m1/s1. The summed E-state index contributed by atoms with van der Waals surface area (Å²) in [5.74, 6) is -0.223. The first-order valence-electron chi connectivity index (χ1n) is 8.29. The Hall–Kier alpha value is -2.47. The molecule has 0 saturated carbocycles. The first-order valence-corrected chi connectivity index (χ1v) is 9.10. The van der Waals surface area contributed by atoms with Crippen molar-refractivity contribution >= 4 is 33.1 Å². The van der Waals surface area contributed by atoms with Gasteiger partial charge in [-0.15, -0.1) is 11.3 Å². The number of benzene rings is 1. The molecule has 1 aromatic carbocycles. The molecule has 0 bridgehead atoms. The molecule has 130 valence electrons. The number of rotatable bonds is 4. The number of hydrogen-bond acceptors (Lipinski definition) is 4. The summed E-state index contributed by atoms with van der Waals surface area (Å²) in [5, 5.41) is 3.55. The van der Waals surface area contributed by atoms with Crippen LogP contribution in [0.3, 0.4) is 0 Å². The van der Waals surface area contributed by atoms with Crippen molar-refractivity contribution in [3.63, 3.8) is 0 Å². The van der Waals surface area contributed by atoms with Crippen molar-refractivity contribution in [3.05, 3.63) is 57.0 Å². The van der Waals surface area contributed by atoms with Gasteiger partial charge >= 0.3 is 0 Å². The molecule has 1 amide bonds. The number of para-hydroxylation sites is 1. The summed E-state index contributed by atoms with van der Waals surface area (Å²) in [6.45, 7) is 7.67. The van der Waals surface area contributed by atoms with Crippen LogP contribution < -0.4 is 10.9 Å². The zero-order valence-electron chi connectivity index (χ0n) is 14.8. The Balaban J connectivity index is 1.94. The number of anilines is 1. The van der Waals surface area contributed by atoms with Gasteiger partial charge in [-0.3, -0.25) is 14.2 Å². The normalized spacial score (nSPS) is 12.3. The zero-order valence-corrected chi connectivity index (χ0v) is 15.6. The summed E-state index contributed by atoms with van der Waals surface area (Å²) in [6, 6.07) is 7.13. The highest BCUT2D eigenvalue weighted by molar-refractivity contribution is 7.18. The van der Waals surface area contributed by atoms with E-state index >= 15 is 0 Å². The fourth-order valence-corrected chi connectivity index (χ4v) is 3.73. The Kier molecular flexibility index (Phi) is 4.72. The SMILES string of the molecule is CCc1cccc(C)c1NC(=O)[C@@H](C)n1cnc2sc(C)cc2c1=O. The predicted molar refractivity (Wildman–Crippen MR) is 103 cm³/mol. The second-order valence-electron chi connectivity index (χ2n) is 6.16. The van der Waals surface area contributed by atoms with Crippen molar-refractivity contribution in [1.82, 2.24) is 9.55 Å². The minimum atomic E-state index is -0.645. The molecule has 0 aliphatic heterocycles. The van der Waals surface area contributed by atoms with Gasteiger partial charge < -0.3 is 5.32 Å². The molecule has 3 rings (SSSR count). The largest absolute Gasteiger partial charge is 0.324 e. The average molecular weight is 355 g/mol. The van der Waals surface area contributed by atoms with E-state index in [1.54, 1.807) is 6.92 Å². The Labute approximate surface area is 150 Å². The maximum absolute atomic E-state index is 12.7. The fourth-order valence-electron chi connectivity index (χ4n) is 2.89. The van der Waals surface area contributed by atoms with Crippen LogP contribution in [0, 0.1) is 13.8 Å². The number of aromatic nitrogens is 2. The highest BCUT2D eigenvalue weighted by Crippen LogP contribution is 2.23. The molecule has 2 aromatic heterocycles. The molecule has 3 aromatic rings. The van der Waals surface area contributed by atoms with Crippen molar-refractivity contribution in [2.75, 3.05) is 5.32 Å². The lowest BCUT2D eigenvalue weighted by molar-refractivity contribution is -0.118. The number of fused-ring (bicyclic) bond motifs is 1. The summed E-state index contributed by atoms with van der Waals surface area (Å²) in [6.07, 6.45) is 2.29. The Bertz CT molecular complexity index is 1000. The lowest BCUT2D eigenvalue weighted by Crippen LogP contribution is -2.32. The summed E-state index contributed by atoms with van der Waals surface area (Å²) < 4.78 is 1.40. The number of aryl methyl sites for hydroxylation is 3. The molecule has 25 heavy (non-hydrogen) atoms. The van der Waals surface area contributed by atoms with Gasteiger partial charge in [0.2, 0.25) is 5.91 Å². The zero-order chi connectivity index (χ0) is 18.1. The summed E-state index contributed by atoms with van der Waals surface area (Å²) in [5.41, 5.74) is 2.73. The van der Waals surface area contributed by atoms with Crippen LogP contribution in [0.25, 0.3) is 10.2 Å². The maximum atomic E-state index is 12.7. The first-order chi connectivity index (χ1) is 11.9. The van der Waals surface area contributed by atoms with E-state index in [1.807, 2.05) is 38.1 Å². The Morgan fingerprint density at radius 2 is 2.12 bits per heavy atom. The highest BCUT2D eigenvalue weighted by atomic mass is 32.1. The molecule has 0 radical (unpaired) electrons. The molecular weight excluding hydrogens is 334 g/mol. The van der Waals surface area contributed by atoms with Gasteiger partial charge in [-0.2, -0.15) is 0 Å². The third-order valence-corrected chi connectivity index (χ3v) is 5.34. The monoisotopic (exact) mass is 355 g/mol. The molecule has 1 N–H and O–H groups in total. The number of thiophene rings is 1. The van der Waals surface area contributed by atoms with Crippen molar-refractivity contribution in [3.8, 4) is 0 Å². The molecule has 0 aliphatic rings. The van der Waals surface area contributed by atoms with E-state index in [-0.39, 0.29) is 11.5 Å². The quantitative estimate of drug-likeness (QED) is 0.773. The molecule has 0 saturated heterocycles. The minimum absolute atomic E-state index is 0.183. The Morgan fingerprint density at radius 3 is 2.84 bits per heavy atom. The first kappa shape index (κ1) is 17.4. The second-order valence-corrected chi connectivity index (χ2v) is 7.40. The van der Waals surface area contributed by atoms with Crippen LogP contribution in [0.2, 0.25) is 0 Å². The van der Waals surface area contributed by atoms with E-state index in [9.17, 15) is 9.59 Å². The van der Waals surface area contributed by atoms with Gasteiger partial charge in [0.1, 0.15) is 10.9 Å². The molecule has 5 nitrogen and oxygen atoms in total. The number of nitrogens with zero attached hydrogens (tertiary/aromatic N) is 2. The molecule has 0 spiro atoms. The van der Waals surface area contributed by atoms with E-state index in [4.69, 9.17) is 0 Å². The van der Waals surface area contributed by atoms with E-state index in [0.29, 0.717) is 10.2 Å². The highest BCUT2D eigenvalue weighted by Gasteiger charge is 2.20. The van der Waals surface area contributed by atoms with Crippen molar-refractivity contribution in [1.29, 1.82) is 0 Å². The van der Waals surface area contributed by atoms with E-state index in [0.717, 1.165) is 28.1 Å². The van der Waals surface area contributed by atoms with Crippen molar-refractivity contribution < 1.29 is 4.79 Å². The number of nitrogens with one attached hydrogen (secondary N) is 1. The topological polar surface area (TPSA) is 64.0 Å². The number of hydrogen-bond donors (Lipinski definition) is 1. The van der Waals surface area contributed by atoms with Gasteiger partial charge in [-0.1, -0.05) is 25.1 Å². The second kappa shape index (κ2) is 6.80. The van der Waals surface area contributed by atoms with Gasteiger partial charge in [0.05, 0.1) is 11.7 Å². The van der Waals surface area contributed by atoms with Gasteiger partial charge in [-0.25, -0.2) is 4.98 Å². The summed E-state index contributed by atoms with van der Waals surface area (Å²) in [7, 11) is 0. The molecule has 2 heterocycles. The number of amides is 1. The van der Waals surface area contributed by atoms with E-state index in [2.05, 4.69) is 17.2 Å². The number of carbonyl (C=O) groups is 1. The van der Waals surface area contributed by atoms with Crippen LogP contribution in [0.15, 0.2) is 35.4 Å². The molecular formula is C19H21N3O2S. The minimum Gasteiger partial charge on any atom is -0.324 e. The van der Waals surface area contributed by atoms with Gasteiger partial charge in [-0.05, 0) is 44.4 Å². The van der Waals surface area contributed by atoms with Crippen LogP contribution in [0.5, 0.6) is 0 Å². The Morgan fingerprint density at radius 1 is 1.36 bits per heavy atom. The molecule has 0 fully saturated rings. The molecule has 0 aliphatic carbocycles. The molecule has 6 heteroatoms. The molecule has 0 unspecified atom stereocenters. The van der Waals surface area contributed by atoms with E-state index < -0.39 is 6.04 Å². The summed E-state index contributed by atoms with van der Waals surface area (Å²) in [4.78, 5) is 31.5. The lowest BCUT2D eigenvalue weighted by Gasteiger charge is -2.18. The van der Waals surface area contributed by atoms with Gasteiger partial charge in [0, 0.05) is 10.6 Å². The van der Waals surface area contributed by atoms with Crippen LogP contribution in [0.1, 0.15) is 35.9 Å². The van der Waals surface area contributed by atoms with Gasteiger partial charge in [0.15, 0.2) is 0 Å². The maximum Gasteiger partial charge on any atom is 0.262 e. The average Bonchev–Trinajstić information content (AvgIpc) is 2.97. The van der Waals surface area contributed by atoms with Crippen LogP contribution in [-0.2, 0) is 11.2 Å². The van der Waals surface area contributed by atoms with Crippen LogP contribution in [-0.4, -0.2) is 15.5 Å². The van der Waals surface area contributed by atoms with E-state index in [1.165, 1.54) is 22.2 Å². The van der Waals surface area contributed by atoms with Crippen molar-refractivity contribution in [2.24, 2.45) is 0 Å². The van der Waals surface area contributed by atoms with Crippen LogP contribution >= 0.6 is 11.3 Å². The number of carbonyl (C=O) groups excluding carboxylic acids is 1. The van der Waals surface area contributed by atoms with Crippen molar-refractivity contribution in [2.45, 2.75) is 40.2 Å². The summed E-state index contributed by atoms with van der Waals surface area (Å²) >= 11 is 1.48. The third-order valence-electron chi connectivity index (χ3n) is 4.38. The predicted octanol–water partition coefficient (Wildman–Crippen LogP) is 3.84. The van der Waals surface area contributed by atoms with Crippen LogP contribution in [0.4, 0.5) is 5.69 Å². The third kappa shape index (κ3) is 3.22. The molecule has 1 atom stereocenters. The van der Waals surface area contributed by atoms with Gasteiger partial charge in [0.25, 0.3) is 5.56 Å².